The third-order valence-electron chi connectivity index (χ3n) is 4.76. The Morgan fingerprint density at radius 1 is 1.29 bits per heavy atom. The van der Waals surface area contributed by atoms with E-state index >= 15 is 0 Å². The van der Waals surface area contributed by atoms with Gasteiger partial charge in [0.1, 0.15) is 0 Å². The average molecular weight is 413 g/mol. The lowest BCUT2D eigenvalue weighted by molar-refractivity contribution is -0.131. The van der Waals surface area contributed by atoms with Crippen molar-refractivity contribution in [3.8, 4) is 0 Å². The van der Waals surface area contributed by atoms with Crippen LogP contribution in [0.3, 0.4) is 0 Å². The zero-order valence-corrected chi connectivity index (χ0v) is 17.6. The van der Waals surface area contributed by atoms with Crippen molar-refractivity contribution in [1.29, 1.82) is 0 Å². The molecule has 0 aliphatic heterocycles. The summed E-state index contributed by atoms with van der Waals surface area (Å²) in [5.41, 5.74) is 4.05. The van der Waals surface area contributed by atoms with Crippen molar-refractivity contribution < 1.29 is 19.1 Å². The van der Waals surface area contributed by atoms with Crippen LogP contribution in [0, 0.1) is 5.92 Å². The van der Waals surface area contributed by atoms with Gasteiger partial charge in [0.2, 0.25) is 5.91 Å². The molecule has 2 amide bonds. The van der Waals surface area contributed by atoms with Crippen LogP contribution in [0.2, 0.25) is 0 Å². The highest BCUT2D eigenvalue weighted by Gasteiger charge is 2.33. The fourth-order valence-electron chi connectivity index (χ4n) is 2.88. The third kappa shape index (κ3) is 9.55. The quantitative estimate of drug-likeness (QED) is 0.410. The molecule has 0 saturated heterocycles. The van der Waals surface area contributed by atoms with E-state index in [-0.39, 0.29) is 25.2 Å². The molecule has 0 aliphatic rings. The molecule has 4 N–H and O–H groups in total. The van der Waals surface area contributed by atoms with Crippen molar-refractivity contribution in [2.24, 2.45) is 11.7 Å². The van der Waals surface area contributed by atoms with Crippen molar-refractivity contribution in [2.45, 2.75) is 57.7 Å². The second kappa shape index (κ2) is 12.8. The number of halogens is 1. The third-order valence-corrected chi connectivity index (χ3v) is 5.66. The fraction of sp³-hybridized carbons (Fsp3) is 0.619. The zero-order valence-electron chi connectivity index (χ0n) is 16.8. The van der Waals surface area contributed by atoms with E-state index in [1.165, 1.54) is 0 Å². The van der Waals surface area contributed by atoms with Crippen molar-refractivity contribution in [2.75, 3.05) is 18.1 Å². The number of aliphatic hydroxyl groups is 1. The standard InChI is InChI=1S/C21H33FN2O3S/c1-3-28-14-13-24-19(26)17(11-12-21(2,22)20(23)27)15-18(25)10-9-16-7-5-4-6-8-16/h4-8,17-18,25H,3,9-15H2,1-2H3,(H2,23,27)(H,24,26)/t17-,18+,21?/m1/s1. The first-order valence-corrected chi connectivity index (χ1v) is 11.0. The molecular formula is C21H33FN2O3S. The molecule has 1 rings (SSSR count). The predicted octanol–water partition coefficient (Wildman–Crippen LogP) is 2.85. The maximum absolute atomic E-state index is 14.2. The summed E-state index contributed by atoms with van der Waals surface area (Å²) in [4.78, 5) is 23.8. The smallest absolute Gasteiger partial charge is 0.254 e. The van der Waals surface area contributed by atoms with E-state index in [1.54, 1.807) is 11.8 Å². The number of aliphatic hydroxyl groups excluding tert-OH is 1. The molecule has 1 aromatic rings. The number of aryl methyl sites for hydroxylation is 1. The van der Waals surface area contributed by atoms with E-state index in [0.29, 0.717) is 19.4 Å². The van der Waals surface area contributed by atoms with Gasteiger partial charge in [0.25, 0.3) is 5.91 Å². The van der Waals surface area contributed by atoms with Gasteiger partial charge in [-0.05, 0) is 50.3 Å². The molecule has 5 nitrogen and oxygen atoms in total. The number of nitrogens with two attached hydrogens (primary N) is 1. The Labute approximate surface area is 171 Å². The minimum absolute atomic E-state index is 0.143. The largest absolute Gasteiger partial charge is 0.393 e. The maximum atomic E-state index is 14.2. The topological polar surface area (TPSA) is 92.4 Å². The average Bonchev–Trinajstić information content (AvgIpc) is 2.67. The molecule has 0 spiro atoms. The lowest BCUT2D eigenvalue weighted by Gasteiger charge is -2.23. The number of amides is 2. The highest BCUT2D eigenvalue weighted by molar-refractivity contribution is 7.99. The van der Waals surface area contributed by atoms with Crippen LogP contribution in [-0.2, 0) is 16.0 Å². The van der Waals surface area contributed by atoms with E-state index in [9.17, 15) is 19.1 Å². The predicted molar refractivity (Wildman–Crippen MR) is 113 cm³/mol. The summed E-state index contributed by atoms with van der Waals surface area (Å²) in [5, 5.41) is 13.3. The van der Waals surface area contributed by atoms with Gasteiger partial charge in [-0.15, -0.1) is 0 Å². The van der Waals surface area contributed by atoms with Crippen LogP contribution in [0.15, 0.2) is 30.3 Å². The number of benzene rings is 1. The van der Waals surface area contributed by atoms with Gasteiger partial charge in [0.15, 0.2) is 5.67 Å². The molecule has 1 aromatic carbocycles. The molecule has 158 valence electrons. The van der Waals surface area contributed by atoms with Crippen LogP contribution >= 0.6 is 11.8 Å². The summed E-state index contributed by atoms with van der Waals surface area (Å²) in [6, 6.07) is 9.80. The van der Waals surface area contributed by atoms with Crippen LogP contribution in [0.4, 0.5) is 4.39 Å². The van der Waals surface area contributed by atoms with E-state index in [1.807, 2.05) is 37.3 Å². The number of hydrogen-bond donors (Lipinski definition) is 3. The van der Waals surface area contributed by atoms with Gasteiger partial charge in [0, 0.05) is 18.2 Å². The van der Waals surface area contributed by atoms with E-state index in [0.717, 1.165) is 24.0 Å². The van der Waals surface area contributed by atoms with Gasteiger partial charge in [-0.2, -0.15) is 11.8 Å². The van der Waals surface area contributed by atoms with Gasteiger partial charge in [-0.25, -0.2) is 4.39 Å². The molecule has 28 heavy (non-hydrogen) atoms. The van der Waals surface area contributed by atoms with E-state index in [4.69, 9.17) is 5.73 Å². The number of nitrogens with one attached hydrogen (secondary N) is 1. The van der Waals surface area contributed by atoms with Crippen LogP contribution in [0.1, 0.15) is 45.1 Å². The van der Waals surface area contributed by atoms with E-state index in [2.05, 4.69) is 5.32 Å². The maximum Gasteiger partial charge on any atom is 0.254 e. The molecule has 0 aromatic heterocycles. The summed E-state index contributed by atoms with van der Waals surface area (Å²) >= 11 is 1.72. The Balaban J connectivity index is 2.61. The first-order valence-electron chi connectivity index (χ1n) is 9.82. The van der Waals surface area contributed by atoms with Crippen LogP contribution in [0.25, 0.3) is 0 Å². The Morgan fingerprint density at radius 2 is 1.96 bits per heavy atom. The summed E-state index contributed by atoms with van der Waals surface area (Å²) < 4.78 is 14.2. The Bertz CT molecular complexity index is 599. The molecule has 0 aliphatic carbocycles. The van der Waals surface area contributed by atoms with Crippen molar-refractivity contribution in [1.82, 2.24) is 5.32 Å². The summed E-state index contributed by atoms with van der Waals surface area (Å²) in [5.74, 6) is -0.0394. The number of carbonyl (C=O) groups is 2. The molecule has 0 radical (unpaired) electrons. The highest BCUT2D eigenvalue weighted by Crippen LogP contribution is 2.24. The minimum Gasteiger partial charge on any atom is -0.393 e. The Hall–Kier alpha value is -1.60. The van der Waals surface area contributed by atoms with E-state index < -0.39 is 23.6 Å². The Kier molecular flexibility index (Phi) is 11.2. The number of carbonyl (C=O) groups excluding carboxylic acids is 2. The minimum atomic E-state index is -2.16. The highest BCUT2D eigenvalue weighted by atomic mass is 32.2. The first-order chi connectivity index (χ1) is 13.3. The van der Waals surface area contributed by atoms with Crippen molar-refractivity contribution in [3.05, 3.63) is 35.9 Å². The van der Waals surface area contributed by atoms with Gasteiger partial charge in [-0.1, -0.05) is 37.3 Å². The lowest BCUT2D eigenvalue weighted by Crippen LogP contribution is -2.39. The fourth-order valence-corrected chi connectivity index (χ4v) is 3.42. The van der Waals surface area contributed by atoms with Crippen LogP contribution in [-0.4, -0.2) is 46.7 Å². The summed E-state index contributed by atoms with van der Waals surface area (Å²) in [6.07, 6.45) is 0.781. The van der Waals surface area contributed by atoms with Crippen molar-refractivity contribution in [3.63, 3.8) is 0 Å². The van der Waals surface area contributed by atoms with Gasteiger partial charge < -0.3 is 16.2 Å². The molecule has 0 heterocycles. The molecule has 1 unspecified atom stereocenters. The monoisotopic (exact) mass is 412 g/mol. The zero-order chi connectivity index (χ0) is 21.0. The first kappa shape index (κ1) is 24.4. The lowest BCUT2D eigenvalue weighted by atomic mass is 9.88. The second-order valence-electron chi connectivity index (χ2n) is 7.20. The molecular weight excluding hydrogens is 379 g/mol. The molecule has 3 atom stereocenters. The van der Waals surface area contributed by atoms with Gasteiger partial charge in [0.05, 0.1) is 6.10 Å². The number of thioether (sulfide) groups is 1. The molecule has 0 bridgehead atoms. The molecule has 0 fully saturated rings. The number of primary amides is 1. The number of alkyl halides is 1. The molecule has 7 heteroatoms. The number of rotatable bonds is 14. The summed E-state index contributed by atoms with van der Waals surface area (Å²) in [7, 11) is 0. The number of hydrogen-bond acceptors (Lipinski definition) is 4. The normalized spacial score (nSPS) is 15.4. The summed E-state index contributed by atoms with van der Waals surface area (Å²) in [6.45, 7) is 3.70. The van der Waals surface area contributed by atoms with Gasteiger partial charge in [-0.3, -0.25) is 9.59 Å². The second-order valence-corrected chi connectivity index (χ2v) is 8.59. The van der Waals surface area contributed by atoms with Crippen LogP contribution in [0.5, 0.6) is 0 Å². The van der Waals surface area contributed by atoms with Crippen molar-refractivity contribution >= 4 is 23.6 Å². The van der Waals surface area contributed by atoms with Crippen LogP contribution < -0.4 is 11.1 Å². The Morgan fingerprint density at radius 3 is 2.57 bits per heavy atom. The molecule has 0 saturated carbocycles. The SMILES string of the molecule is CCSCCNC(=O)[C@H](CCC(C)(F)C(N)=O)C[C@@H](O)CCc1ccccc1. The van der Waals surface area contributed by atoms with Gasteiger partial charge >= 0.3 is 0 Å².